The average Bonchev–Trinajstić information content (AvgIpc) is 3.19. The Morgan fingerprint density at radius 1 is 1.14 bits per heavy atom. The van der Waals surface area contributed by atoms with Gasteiger partial charge in [-0.1, -0.05) is 36.4 Å². The lowest BCUT2D eigenvalue weighted by atomic mass is 10.1. The summed E-state index contributed by atoms with van der Waals surface area (Å²) in [5.74, 6) is 2.47. The van der Waals surface area contributed by atoms with Crippen molar-refractivity contribution in [3.05, 3.63) is 78.0 Å². The number of aliphatic hydroxyl groups is 1. The highest BCUT2D eigenvalue weighted by Gasteiger charge is 2.07. The molecule has 0 bridgehead atoms. The van der Waals surface area contributed by atoms with E-state index in [4.69, 9.17) is 0 Å². The third kappa shape index (κ3) is 5.89. The molecule has 1 unspecified atom stereocenters. The van der Waals surface area contributed by atoms with Crippen molar-refractivity contribution >= 4 is 5.96 Å². The minimum atomic E-state index is -0.491. The molecule has 0 amide bonds. The normalized spacial score (nSPS) is 12.6. The minimum absolute atomic E-state index is 0.491. The third-order valence-corrected chi connectivity index (χ3v) is 4.54. The van der Waals surface area contributed by atoms with Crippen LogP contribution in [0.3, 0.4) is 0 Å². The standard InChI is InChI=1S/C22H28N6O/c1-3-23-22(25-12-11-20(29)19-7-5-4-6-8-19)27-16-18-9-10-21(26-15-18)28-14-13-24-17(28)2/h4-10,13-15,20,29H,3,11-12,16H2,1-2H3,(H2,23,25,27). The molecule has 0 spiro atoms. The number of pyridine rings is 1. The van der Waals surface area contributed by atoms with Gasteiger partial charge in [0.25, 0.3) is 0 Å². The predicted octanol–water partition coefficient (Wildman–Crippen LogP) is 2.75. The molecule has 3 N–H and O–H groups in total. The zero-order valence-corrected chi connectivity index (χ0v) is 16.9. The summed E-state index contributed by atoms with van der Waals surface area (Å²) in [5.41, 5.74) is 1.95. The zero-order chi connectivity index (χ0) is 20.5. The summed E-state index contributed by atoms with van der Waals surface area (Å²) < 4.78 is 1.94. The van der Waals surface area contributed by atoms with Crippen LogP contribution in [0.5, 0.6) is 0 Å². The molecule has 7 nitrogen and oxygen atoms in total. The molecule has 0 fully saturated rings. The van der Waals surface area contributed by atoms with Crippen LogP contribution in [-0.2, 0) is 6.54 Å². The fraction of sp³-hybridized carbons (Fsp3) is 0.318. The topological polar surface area (TPSA) is 87.4 Å². The summed E-state index contributed by atoms with van der Waals surface area (Å²) in [7, 11) is 0. The van der Waals surface area contributed by atoms with Gasteiger partial charge >= 0.3 is 0 Å². The van der Waals surface area contributed by atoms with Gasteiger partial charge in [0.2, 0.25) is 0 Å². The zero-order valence-electron chi connectivity index (χ0n) is 16.9. The molecule has 3 aromatic rings. The second kappa shape index (κ2) is 10.4. The number of nitrogens with one attached hydrogen (secondary N) is 2. The fourth-order valence-corrected chi connectivity index (χ4v) is 2.95. The molecule has 3 rings (SSSR count). The number of rotatable bonds is 8. The molecule has 152 valence electrons. The first-order valence-corrected chi connectivity index (χ1v) is 9.88. The van der Waals surface area contributed by atoms with Crippen LogP contribution in [0.4, 0.5) is 0 Å². The second-order valence-corrected chi connectivity index (χ2v) is 6.71. The molecule has 2 aromatic heterocycles. The second-order valence-electron chi connectivity index (χ2n) is 6.71. The van der Waals surface area contributed by atoms with Crippen molar-refractivity contribution in [2.45, 2.75) is 32.9 Å². The molecular formula is C22H28N6O. The molecule has 7 heteroatoms. The van der Waals surface area contributed by atoms with Gasteiger partial charge in [-0.3, -0.25) is 4.57 Å². The van der Waals surface area contributed by atoms with E-state index in [1.54, 1.807) is 6.20 Å². The van der Waals surface area contributed by atoms with Gasteiger partial charge in [0.1, 0.15) is 11.6 Å². The maximum Gasteiger partial charge on any atom is 0.191 e. The molecule has 29 heavy (non-hydrogen) atoms. The minimum Gasteiger partial charge on any atom is -0.388 e. The third-order valence-electron chi connectivity index (χ3n) is 4.54. The van der Waals surface area contributed by atoms with Crippen LogP contribution in [0, 0.1) is 6.92 Å². The Hall–Kier alpha value is -3.19. The van der Waals surface area contributed by atoms with Crippen LogP contribution in [-0.4, -0.2) is 38.7 Å². The van der Waals surface area contributed by atoms with Crippen molar-refractivity contribution in [2.75, 3.05) is 13.1 Å². The van der Waals surface area contributed by atoms with Crippen LogP contribution in [0.15, 0.2) is 66.0 Å². The number of aromatic nitrogens is 3. The van der Waals surface area contributed by atoms with Gasteiger partial charge in [-0.05, 0) is 37.5 Å². The Balaban J connectivity index is 1.54. The number of benzene rings is 1. The average molecular weight is 393 g/mol. The molecule has 1 aromatic carbocycles. The predicted molar refractivity (Wildman–Crippen MR) is 115 cm³/mol. The van der Waals surface area contributed by atoms with Crippen LogP contribution in [0.25, 0.3) is 5.82 Å². The number of aryl methyl sites for hydroxylation is 1. The Bertz CT molecular complexity index is 905. The van der Waals surface area contributed by atoms with Crippen molar-refractivity contribution in [3.8, 4) is 5.82 Å². The molecule has 2 heterocycles. The van der Waals surface area contributed by atoms with Crippen molar-refractivity contribution in [1.82, 2.24) is 25.2 Å². The fourth-order valence-electron chi connectivity index (χ4n) is 2.95. The van der Waals surface area contributed by atoms with E-state index < -0.39 is 6.10 Å². The Morgan fingerprint density at radius 3 is 2.62 bits per heavy atom. The summed E-state index contributed by atoms with van der Waals surface area (Å²) in [6, 6.07) is 13.7. The van der Waals surface area contributed by atoms with E-state index in [-0.39, 0.29) is 0 Å². The van der Waals surface area contributed by atoms with E-state index in [9.17, 15) is 5.11 Å². The van der Waals surface area contributed by atoms with Crippen molar-refractivity contribution in [3.63, 3.8) is 0 Å². The van der Waals surface area contributed by atoms with E-state index in [1.807, 2.05) is 73.3 Å². The van der Waals surface area contributed by atoms with Crippen LogP contribution >= 0.6 is 0 Å². The van der Waals surface area contributed by atoms with Crippen LogP contribution < -0.4 is 10.6 Å². The molecule has 0 saturated heterocycles. The van der Waals surface area contributed by atoms with Gasteiger partial charge in [-0.25, -0.2) is 15.0 Å². The Morgan fingerprint density at radius 2 is 1.97 bits per heavy atom. The number of nitrogens with zero attached hydrogens (tertiary/aromatic N) is 4. The van der Waals surface area contributed by atoms with Gasteiger partial charge in [0.15, 0.2) is 5.96 Å². The summed E-state index contributed by atoms with van der Waals surface area (Å²) >= 11 is 0. The lowest BCUT2D eigenvalue weighted by Crippen LogP contribution is -2.38. The lowest BCUT2D eigenvalue weighted by Gasteiger charge is -2.14. The maximum absolute atomic E-state index is 10.3. The number of hydrogen-bond acceptors (Lipinski definition) is 4. The van der Waals surface area contributed by atoms with Gasteiger partial charge in [0, 0.05) is 31.7 Å². The first-order valence-electron chi connectivity index (χ1n) is 9.88. The van der Waals surface area contributed by atoms with Gasteiger partial charge in [-0.2, -0.15) is 0 Å². The molecular weight excluding hydrogens is 364 g/mol. The van der Waals surface area contributed by atoms with Gasteiger partial charge in [0.05, 0.1) is 12.6 Å². The summed E-state index contributed by atoms with van der Waals surface area (Å²) in [5, 5.41) is 16.8. The first kappa shape index (κ1) is 20.5. The molecule has 1 atom stereocenters. The van der Waals surface area contributed by atoms with Gasteiger partial charge < -0.3 is 15.7 Å². The largest absolute Gasteiger partial charge is 0.388 e. The number of aliphatic imine (C=N–C) groups is 1. The number of aliphatic hydroxyl groups excluding tert-OH is 1. The smallest absolute Gasteiger partial charge is 0.191 e. The van der Waals surface area contributed by atoms with E-state index in [0.29, 0.717) is 19.5 Å². The van der Waals surface area contributed by atoms with Crippen molar-refractivity contribution in [2.24, 2.45) is 4.99 Å². The quantitative estimate of drug-likeness (QED) is 0.405. The highest BCUT2D eigenvalue weighted by atomic mass is 16.3. The van der Waals surface area contributed by atoms with E-state index in [2.05, 4.69) is 25.6 Å². The summed E-state index contributed by atoms with van der Waals surface area (Å²) in [6.07, 6.45) is 5.61. The SMILES string of the molecule is CCNC(=NCc1ccc(-n2ccnc2C)nc1)NCCC(O)c1ccccc1. The number of imidazole rings is 1. The van der Waals surface area contributed by atoms with Gasteiger partial charge in [-0.15, -0.1) is 0 Å². The van der Waals surface area contributed by atoms with E-state index in [0.717, 1.165) is 35.3 Å². The number of guanidine groups is 1. The lowest BCUT2D eigenvalue weighted by molar-refractivity contribution is 0.168. The molecule has 0 saturated carbocycles. The monoisotopic (exact) mass is 392 g/mol. The first-order chi connectivity index (χ1) is 14.2. The molecule has 0 aliphatic rings. The molecule has 0 radical (unpaired) electrons. The highest BCUT2D eigenvalue weighted by Crippen LogP contribution is 2.14. The Kier molecular flexibility index (Phi) is 7.35. The highest BCUT2D eigenvalue weighted by molar-refractivity contribution is 5.79. The molecule has 0 aliphatic carbocycles. The summed E-state index contributed by atoms with van der Waals surface area (Å²) in [6.45, 7) is 5.89. The van der Waals surface area contributed by atoms with Crippen molar-refractivity contribution in [1.29, 1.82) is 0 Å². The Labute approximate surface area is 171 Å². The van der Waals surface area contributed by atoms with Crippen LogP contribution in [0.2, 0.25) is 0 Å². The summed E-state index contributed by atoms with van der Waals surface area (Å²) in [4.78, 5) is 13.3. The van der Waals surface area contributed by atoms with E-state index >= 15 is 0 Å². The van der Waals surface area contributed by atoms with E-state index in [1.165, 1.54) is 0 Å². The maximum atomic E-state index is 10.3. The molecule has 0 aliphatic heterocycles. The van der Waals surface area contributed by atoms with Crippen LogP contribution in [0.1, 0.15) is 36.4 Å². The number of hydrogen-bond donors (Lipinski definition) is 3. The van der Waals surface area contributed by atoms with Crippen molar-refractivity contribution < 1.29 is 5.11 Å².